The Labute approximate surface area is 127 Å². The fourth-order valence-electron chi connectivity index (χ4n) is 2.20. The monoisotopic (exact) mass is 294 g/mol. The summed E-state index contributed by atoms with van der Waals surface area (Å²) in [6.45, 7) is 0. The fourth-order valence-corrected chi connectivity index (χ4v) is 3.29. The lowest BCUT2D eigenvalue weighted by Gasteiger charge is -1.99. The summed E-state index contributed by atoms with van der Waals surface area (Å²) in [6, 6.07) is 17.7. The lowest BCUT2D eigenvalue weighted by atomic mass is 10.1. The van der Waals surface area contributed by atoms with Crippen molar-refractivity contribution in [3.05, 3.63) is 71.1 Å². The van der Waals surface area contributed by atoms with Crippen LogP contribution in [0.5, 0.6) is 5.75 Å². The molecule has 1 heterocycles. The van der Waals surface area contributed by atoms with Crippen LogP contribution in [0.25, 0.3) is 16.2 Å². The van der Waals surface area contributed by atoms with Gasteiger partial charge in [-0.2, -0.15) is 0 Å². The predicted molar refractivity (Wildman–Crippen MR) is 88.2 cm³/mol. The largest absolute Gasteiger partial charge is 0.494 e. The Morgan fingerprint density at radius 3 is 2.52 bits per heavy atom. The third kappa shape index (κ3) is 2.73. The summed E-state index contributed by atoms with van der Waals surface area (Å²) < 4.78 is 6.49. The van der Waals surface area contributed by atoms with Crippen molar-refractivity contribution in [3.8, 4) is 5.75 Å². The first-order valence-electron chi connectivity index (χ1n) is 6.62. The third-order valence-corrected chi connectivity index (χ3v) is 4.37. The SMILES string of the molecule is COc1c(C(=O)C=Cc2ccccc2)sc2ccccc12. The predicted octanol–water partition coefficient (Wildman–Crippen LogP) is 4.81. The van der Waals surface area contributed by atoms with Crippen LogP contribution in [-0.2, 0) is 0 Å². The fraction of sp³-hybridized carbons (Fsp3) is 0.0556. The zero-order valence-electron chi connectivity index (χ0n) is 11.6. The molecular weight excluding hydrogens is 280 g/mol. The van der Waals surface area contributed by atoms with Gasteiger partial charge in [-0.25, -0.2) is 0 Å². The van der Waals surface area contributed by atoms with Crippen molar-refractivity contribution in [2.45, 2.75) is 0 Å². The lowest BCUT2D eigenvalue weighted by molar-refractivity contribution is 0.104. The normalized spacial score (nSPS) is 11.1. The van der Waals surface area contributed by atoms with Crippen LogP contribution in [0.1, 0.15) is 15.2 Å². The number of allylic oxidation sites excluding steroid dienone is 1. The molecule has 3 rings (SSSR count). The van der Waals surface area contributed by atoms with Crippen LogP contribution in [0.15, 0.2) is 60.7 Å². The topological polar surface area (TPSA) is 26.3 Å². The van der Waals surface area contributed by atoms with Gasteiger partial charge in [0.2, 0.25) is 0 Å². The summed E-state index contributed by atoms with van der Waals surface area (Å²) >= 11 is 1.47. The molecule has 0 atom stereocenters. The van der Waals surface area contributed by atoms with E-state index in [1.807, 2.05) is 60.7 Å². The second-order valence-electron chi connectivity index (χ2n) is 4.57. The third-order valence-electron chi connectivity index (χ3n) is 3.20. The van der Waals surface area contributed by atoms with Gasteiger partial charge in [-0.05, 0) is 23.8 Å². The molecule has 0 amide bonds. The molecule has 0 spiro atoms. The highest BCUT2D eigenvalue weighted by atomic mass is 32.1. The van der Waals surface area contributed by atoms with E-state index in [2.05, 4.69) is 0 Å². The maximum atomic E-state index is 12.4. The Bertz CT molecular complexity index is 800. The number of hydrogen-bond donors (Lipinski definition) is 0. The molecule has 2 nitrogen and oxygen atoms in total. The highest BCUT2D eigenvalue weighted by Gasteiger charge is 2.16. The highest BCUT2D eigenvalue weighted by molar-refractivity contribution is 7.21. The molecule has 0 radical (unpaired) electrons. The average molecular weight is 294 g/mol. The van der Waals surface area contributed by atoms with Gasteiger partial charge in [0.1, 0.15) is 10.6 Å². The smallest absolute Gasteiger partial charge is 0.199 e. The summed E-state index contributed by atoms with van der Waals surface area (Å²) in [5.74, 6) is 0.634. The van der Waals surface area contributed by atoms with Gasteiger partial charge in [-0.3, -0.25) is 4.79 Å². The number of carbonyl (C=O) groups excluding carboxylic acids is 1. The Morgan fingerprint density at radius 1 is 1.05 bits per heavy atom. The number of ketones is 1. The number of methoxy groups -OCH3 is 1. The van der Waals surface area contributed by atoms with E-state index in [0.29, 0.717) is 10.6 Å². The van der Waals surface area contributed by atoms with E-state index in [-0.39, 0.29) is 5.78 Å². The Morgan fingerprint density at radius 2 is 1.76 bits per heavy atom. The molecule has 0 bridgehead atoms. The van der Waals surface area contributed by atoms with Gasteiger partial charge in [0.15, 0.2) is 5.78 Å². The van der Waals surface area contributed by atoms with E-state index in [0.717, 1.165) is 15.6 Å². The number of hydrogen-bond acceptors (Lipinski definition) is 3. The second-order valence-corrected chi connectivity index (χ2v) is 5.62. The number of fused-ring (bicyclic) bond motifs is 1. The summed E-state index contributed by atoms with van der Waals surface area (Å²) in [7, 11) is 1.60. The van der Waals surface area contributed by atoms with E-state index in [1.165, 1.54) is 11.3 Å². The molecule has 0 aliphatic heterocycles. The summed E-state index contributed by atoms with van der Waals surface area (Å²) in [5, 5.41) is 0.987. The zero-order valence-corrected chi connectivity index (χ0v) is 12.4. The molecule has 3 heteroatoms. The maximum Gasteiger partial charge on any atom is 0.199 e. The van der Waals surface area contributed by atoms with Crippen LogP contribution < -0.4 is 4.74 Å². The van der Waals surface area contributed by atoms with Gasteiger partial charge in [-0.15, -0.1) is 11.3 Å². The first-order chi connectivity index (χ1) is 10.3. The molecule has 0 saturated heterocycles. The van der Waals surface area contributed by atoms with Crippen molar-refractivity contribution in [2.75, 3.05) is 7.11 Å². The molecular formula is C18H14O2S. The van der Waals surface area contributed by atoms with Crippen molar-refractivity contribution in [1.82, 2.24) is 0 Å². The molecule has 0 aliphatic carbocycles. The van der Waals surface area contributed by atoms with E-state index >= 15 is 0 Å². The standard InChI is InChI=1S/C18H14O2S/c1-20-17-14-9-5-6-10-16(14)21-18(17)15(19)12-11-13-7-3-2-4-8-13/h2-12H,1H3. The Balaban J connectivity index is 1.96. The molecule has 21 heavy (non-hydrogen) atoms. The van der Waals surface area contributed by atoms with Crippen molar-refractivity contribution in [2.24, 2.45) is 0 Å². The molecule has 0 fully saturated rings. The van der Waals surface area contributed by atoms with E-state index in [1.54, 1.807) is 13.2 Å². The van der Waals surface area contributed by atoms with Gasteiger partial charge in [-0.1, -0.05) is 48.5 Å². The minimum atomic E-state index is -0.0306. The average Bonchev–Trinajstić information content (AvgIpc) is 2.92. The quantitative estimate of drug-likeness (QED) is 0.510. The van der Waals surface area contributed by atoms with Gasteiger partial charge in [0.05, 0.1) is 7.11 Å². The molecule has 1 aromatic heterocycles. The zero-order chi connectivity index (χ0) is 14.7. The Hall–Kier alpha value is -2.39. The van der Waals surface area contributed by atoms with Crippen LogP contribution in [-0.4, -0.2) is 12.9 Å². The lowest BCUT2D eigenvalue weighted by Crippen LogP contribution is -1.94. The van der Waals surface area contributed by atoms with Crippen molar-refractivity contribution >= 4 is 33.3 Å². The summed E-state index contributed by atoms with van der Waals surface area (Å²) in [6.07, 6.45) is 3.43. The second kappa shape index (κ2) is 5.94. The van der Waals surface area contributed by atoms with Crippen LogP contribution in [0.3, 0.4) is 0 Å². The summed E-state index contributed by atoms with van der Waals surface area (Å²) in [5.41, 5.74) is 1.01. The highest BCUT2D eigenvalue weighted by Crippen LogP contribution is 2.37. The van der Waals surface area contributed by atoms with Gasteiger partial charge in [0.25, 0.3) is 0 Å². The number of thiophene rings is 1. The van der Waals surface area contributed by atoms with Gasteiger partial charge < -0.3 is 4.74 Å². The molecule has 0 unspecified atom stereocenters. The van der Waals surface area contributed by atoms with Crippen LogP contribution in [0.2, 0.25) is 0 Å². The van der Waals surface area contributed by atoms with E-state index < -0.39 is 0 Å². The number of ether oxygens (including phenoxy) is 1. The first-order valence-corrected chi connectivity index (χ1v) is 7.44. The van der Waals surface area contributed by atoms with Gasteiger partial charge >= 0.3 is 0 Å². The van der Waals surface area contributed by atoms with Crippen molar-refractivity contribution < 1.29 is 9.53 Å². The van der Waals surface area contributed by atoms with Crippen LogP contribution in [0, 0.1) is 0 Å². The Kier molecular flexibility index (Phi) is 3.84. The van der Waals surface area contributed by atoms with Crippen LogP contribution in [0.4, 0.5) is 0 Å². The van der Waals surface area contributed by atoms with E-state index in [9.17, 15) is 4.79 Å². The summed E-state index contributed by atoms with van der Waals surface area (Å²) in [4.78, 5) is 13.1. The minimum Gasteiger partial charge on any atom is -0.494 e. The van der Waals surface area contributed by atoms with Crippen molar-refractivity contribution in [1.29, 1.82) is 0 Å². The van der Waals surface area contributed by atoms with E-state index in [4.69, 9.17) is 4.74 Å². The number of rotatable bonds is 4. The molecule has 0 aliphatic rings. The maximum absolute atomic E-state index is 12.4. The molecule has 104 valence electrons. The van der Waals surface area contributed by atoms with Gasteiger partial charge in [0, 0.05) is 10.1 Å². The molecule has 2 aromatic carbocycles. The number of carbonyl (C=O) groups is 1. The molecule has 0 N–H and O–H groups in total. The minimum absolute atomic E-state index is 0.0306. The number of benzene rings is 2. The first kappa shape index (κ1) is 13.6. The molecule has 3 aromatic rings. The van der Waals surface area contributed by atoms with Crippen molar-refractivity contribution in [3.63, 3.8) is 0 Å². The molecule has 0 saturated carbocycles. The van der Waals surface area contributed by atoms with Crippen LogP contribution >= 0.6 is 11.3 Å².